The summed E-state index contributed by atoms with van der Waals surface area (Å²) >= 11 is 0. The van der Waals surface area contributed by atoms with Crippen LogP contribution in [0.1, 0.15) is 26.2 Å². The quantitative estimate of drug-likeness (QED) is 0.576. The predicted octanol–water partition coefficient (Wildman–Crippen LogP) is 3.65. The second kappa shape index (κ2) is 5.43. The van der Waals surface area contributed by atoms with Gasteiger partial charge < -0.3 is 0 Å². The average molecular weight is 227 g/mol. The van der Waals surface area contributed by atoms with E-state index in [0.29, 0.717) is 0 Å². The van der Waals surface area contributed by atoms with Gasteiger partial charge in [0.05, 0.1) is 5.52 Å². The predicted molar refractivity (Wildman–Crippen MR) is 71.5 cm³/mol. The maximum absolute atomic E-state index is 4.22. The van der Waals surface area contributed by atoms with Gasteiger partial charge in [-0.3, -0.25) is 0 Å². The minimum Gasteiger partial charge on any atom is -0.217 e. The lowest BCUT2D eigenvalue weighted by Gasteiger charge is -2.06. The fourth-order valence-corrected chi connectivity index (χ4v) is 1.88. The SMILES string of the molecule is C=CCCC/C(=C/C)n1nnc2ccccc21. The van der Waals surface area contributed by atoms with Gasteiger partial charge >= 0.3 is 0 Å². The highest BCUT2D eigenvalue weighted by molar-refractivity contribution is 5.77. The molecule has 0 saturated carbocycles. The van der Waals surface area contributed by atoms with Crippen LogP contribution in [-0.4, -0.2) is 15.0 Å². The first-order chi connectivity index (χ1) is 8.36. The van der Waals surface area contributed by atoms with Crippen LogP contribution in [0.5, 0.6) is 0 Å². The molecule has 0 aliphatic heterocycles. The van der Waals surface area contributed by atoms with Crippen LogP contribution >= 0.6 is 0 Å². The number of nitrogens with zero attached hydrogens (tertiary/aromatic N) is 3. The van der Waals surface area contributed by atoms with Crippen LogP contribution in [0.4, 0.5) is 0 Å². The van der Waals surface area contributed by atoms with Crippen molar-refractivity contribution in [1.82, 2.24) is 15.0 Å². The molecular formula is C14H17N3. The summed E-state index contributed by atoms with van der Waals surface area (Å²) in [6.07, 6.45) is 7.17. The molecule has 0 fully saturated rings. The fourth-order valence-electron chi connectivity index (χ4n) is 1.88. The van der Waals surface area contributed by atoms with E-state index < -0.39 is 0 Å². The summed E-state index contributed by atoms with van der Waals surface area (Å²) in [5.41, 5.74) is 3.20. The van der Waals surface area contributed by atoms with Crippen molar-refractivity contribution in [2.45, 2.75) is 26.2 Å². The molecule has 0 amide bonds. The zero-order valence-corrected chi connectivity index (χ0v) is 10.1. The minimum absolute atomic E-state index is 0.940. The van der Waals surface area contributed by atoms with Gasteiger partial charge in [-0.1, -0.05) is 29.5 Å². The highest BCUT2D eigenvalue weighted by Crippen LogP contribution is 2.18. The number of para-hydroxylation sites is 1. The van der Waals surface area contributed by atoms with Gasteiger partial charge in [-0.05, 0) is 38.3 Å². The monoisotopic (exact) mass is 227 g/mol. The first-order valence-electron chi connectivity index (χ1n) is 5.93. The lowest BCUT2D eigenvalue weighted by atomic mass is 10.2. The Morgan fingerprint density at radius 1 is 1.41 bits per heavy atom. The van der Waals surface area contributed by atoms with Crippen molar-refractivity contribution < 1.29 is 0 Å². The van der Waals surface area contributed by atoms with Gasteiger partial charge in [0.25, 0.3) is 0 Å². The lowest BCUT2D eigenvalue weighted by Crippen LogP contribution is -1.99. The van der Waals surface area contributed by atoms with E-state index in [1.807, 2.05) is 41.9 Å². The Hall–Kier alpha value is -1.90. The van der Waals surface area contributed by atoms with E-state index in [9.17, 15) is 0 Å². The van der Waals surface area contributed by atoms with Crippen molar-refractivity contribution in [3.05, 3.63) is 43.0 Å². The van der Waals surface area contributed by atoms with Crippen LogP contribution in [0.25, 0.3) is 16.7 Å². The van der Waals surface area contributed by atoms with Gasteiger partial charge in [0.15, 0.2) is 0 Å². The van der Waals surface area contributed by atoms with Crippen LogP contribution in [0.2, 0.25) is 0 Å². The molecule has 17 heavy (non-hydrogen) atoms. The maximum atomic E-state index is 4.22. The maximum Gasteiger partial charge on any atom is 0.113 e. The van der Waals surface area contributed by atoms with Crippen LogP contribution < -0.4 is 0 Å². The van der Waals surface area contributed by atoms with Crippen molar-refractivity contribution >= 4 is 16.7 Å². The fraction of sp³-hybridized carbons (Fsp3) is 0.286. The third-order valence-corrected chi connectivity index (χ3v) is 2.80. The van der Waals surface area contributed by atoms with E-state index in [0.717, 1.165) is 30.3 Å². The van der Waals surface area contributed by atoms with Crippen molar-refractivity contribution in [3.63, 3.8) is 0 Å². The van der Waals surface area contributed by atoms with E-state index >= 15 is 0 Å². The number of aromatic nitrogens is 3. The second-order valence-corrected chi connectivity index (χ2v) is 3.95. The molecule has 3 heteroatoms. The van der Waals surface area contributed by atoms with E-state index in [1.165, 1.54) is 5.70 Å². The molecule has 2 aromatic rings. The normalized spacial score (nSPS) is 11.9. The molecular weight excluding hydrogens is 210 g/mol. The van der Waals surface area contributed by atoms with Gasteiger partial charge in [-0.2, -0.15) is 0 Å². The van der Waals surface area contributed by atoms with E-state index in [4.69, 9.17) is 0 Å². The number of unbranched alkanes of at least 4 members (excludes halogenated alkanes) is 1. The highest BCUT2D eigenvalue weighted by atomic mass is 15.4. The summed E-state index contributed by atoms with van der Waals surface area (Å²) in [6, 6.07) is 8.02. The highest BCUT2D eigenvalue weighted by Gasteiger charge is 2.06. The molecule has 0 N–H and O–H groups in total. The van der Waals surface area contributed by atoms with Gasteiger partial charge in [-0.25, -0.2) is 4.68 Å². The van der Waals surface area contributed by atoms with Crippen molar-refractivity contribution in [1.29, 1.82) is 0 Å². The zero-order valence-electron chi connectivity index (χ0n) is 10.1. The molecule has 3 nitrogen and oxygen atoms in total. The topological polar surface area (TPSA) is 30.7 Å². The molecule has 0 aliphatic carbocycles. The van der Waals surface area contributed by atoms with Gasteiger partial charge in [0.1, 0.15) is 5.52 Å². The van der Waals surface area contributed by atoms with E-state index in [-0.39, 0.29) is 0 Å². The summed E-state index contributed by atoms with van der Waals surface area (Å²) in [7, 11) is 0. The Bertz CT molecular complexity index is 537. The molecule has 1 aromatic heterocycles. The molecule has 0 bridgehead atoms. The Labute approximate surface area is 101 Å². The molecule has 0 saturated heterocycles. The lowest BCUT2D eigenvalue weighted by molar-refractivity contribution is 0.772. The molecule has 0 radical (unpaired) electrons. The Balaban J connectivity index is 2.28. The molecule has 0 aliphatic rings. The number of hydrogen-bond donors (Lipinski definition) is 0. The Morgan fingerprint density at radius 2 is 2.24 bits per heavy atom. The summed E-state index contributed by atoms with van der Waals surface area (Å²) in [5.74, 6) is 0. The summed E-state index contributed by atoms with van der Waals surface area (Å²) in [5, 5.41) is 8.39. The van der Waals surface area contributed by atoms with Crippen LogP contribution in [0, 0.1) is 0 Å². The molecule has 2 rings (SSSR count). The van der Waals surface area contributed by atoms with Crippen LogP contribution in [-0.2, 0) is 0 Å². The van der Waals surface area contributed by atoms with Crippen LogP contribution in [0.15, 0.2) is 43.0 Å². The second-order valence-electron chi connectivity index (χ2n) is 3.95. The van der Waals surface area contributed by atoms with Crippen molar-refractivity contribution in [2.75, 3.05) is 0 Å². The number of hydrogen-bond acceptors (Lipinski definition) is 2. The van der Waals surface area contributed by atoms with E-state index in [1.54, 1.807) is 0 Å². The zero-order chi connectivity index (χ0) is 12.1. The summed E-state index contributed by atoms with van der Waals surface area (Å²) < 4.78 is 1.93. The van der Waals surface area contributed by atoms with Gasteiger partial charge in [0.2, 0.25) is 0 Å². The van der Waals surface area contributed by atoms with Crippen molar-refractivity contribution in [3.8, 4) is 0 Å². The number of fused-ring (bicyclic) bond motifs is 1. The van der Waals surface area contributed by atoms with Gasteiger partial charge in [-0.15, -0.1) is 11.7 Å². The number of allylic oxidation sites excluding steroid dienone is 3. The molecule has 88 valence electrons. The first-order valence-corrected chi connectivity index (χ1v) is 5.93. The molecule has 0 spiro atoms. The average Bonchev–Trinajstić information content (AvgIpc) is 2.79. The van der Waals surface area contributed by atoms with Crippen molar-refractivity contribution in [2.24, 2.45) is 0 Å². The van der Waals surface area contributed by atoms with Gasteiger partial charge in [0, 0.05) is 5.70 Å². The molecule has 1 aromatic carbocycles. The molecule has 0 atom stereocenters. The Kier molecular flexibility index (Phi) is 3.70. The summed E-state index contributed by atoms with van der Waals surface area (Å²) in [6.45, 7) is 5.78. The van der Waals surface area contributed by atoms with E-state index in [2.05, 4.69) is 23.0 Å². The number of rotatable bonds is 5. The third-order valence-electron chi connectivity index (χ3n) is 2.80. The standard InChI is InChI=1S/C14H17N3/c1-3-5-6-9-12(4-2)17-14-11-8-7-10-13(14)15-16-17/h3-4,7-8,10-11H,1,5-6,9H2,2H3/b12-4-. The van der Waals surface area contributed by atoms with Crippen LogP contribution in [0.3, 0.4) is 0 Å². The Morgan fingerprint density at radius 3 is 3.00 bits per heavy atom. The third kappa shape index (κ3) is 2.44. The minimum atomic E-state index is 0.940. The summed E-state index contributed by atoms with van der Waals surface area (Å²) in [4.78, 5) is 0. The smallest absolute Gasteiger partial charge is 0.113 e. The first kappa shape index (κ1) is 11.6. The molecule has 0 unspecified atom stereocenters. The largest absolute Gasteiger partial charge is 0.217 e. The number of benzene rings is 1. The molecule has 1 heterocycles.